The molecular weight excluding hydrogens is 479 g/mol. The summed E-state index contributed by atoms with van der Waals surface area (Å²) in [7, 11) is 3.01. The van der Waals surface area contributed by atoms with Crippen LogP contribution < -0.4 is 15.0 Å². The van der Waals surface area contributed by atoms with Crippen molar-refractivity contribution in [2.24, 2.45) is 0 Å². The summed E-state index contributed by atoms with van der Waals surface area (Å²) in [5.41, 5.74) is 2.07. The van der Waals surface area contributed by atoms with Crippen LogP contribution in [0.15, 0.2) is 35.4 Å². The van der Waals surface area contributed by atoms with Crippen LogP contribution in [0.2, 0.25) is 10.0 Å². The summed E-state index contributed by atoms with van der Waals surface area (Å²) in [4.78, 5) is 24.0. The second-order valence-electron chi connectivity index (χ2n) is 8.05. The third-order valence-corrected chi connectivity index (χ3v) is 6.97. The van der Waals surface area contributed by atoms with Crippen molar-refractivity contribution in [3.8, 4) is 22.6 Å². The van der Waals surface area contributed by atoms with Crippen molar-refractivity contribution in [1.82, 2.24) is 19.4 Å². The molecule has 0 atom stereocenters. The van der Waals surface area contributed by atoms with Gasteiger partial charge in [-0.3, -0.25) is 9.69 Å². The number of ether oxygens (including phenoxy) is 3. The fourth-order valence-electron chi connectivity index (χ4n) is 4.46. The average molecular weight is 503 g/mol. The van der Waals surface area contributed by atoms with Crippen molar-refractivity contribution < 1.29 is 14.2 Å². The Bertz CT molecular complexity index is 1400. The number of rotatable bonds is 6. The summed E-state index contributed by atoms with van der Waals surface area (Å²) >= 11 is 13.3. The van der Waals surface area contributed by atoms with Crippen molar-refractivity contribution >= 4 is 45.1 Å². The molecule has 1 saturated heterocycles. The normalized spacial score (nSPS) is 14.7. The largest absolute Gasteiger partial charge is 0.495 e. The number of fused-ring (bicyclic) bond motifs is 3. The van der Waals surface area contributed by atoms with E-state index in [0.717, 1.165) is 35.0 Å². The van der Waals surface area contributed by atoms with Gasteiger partial charge in [0.1, 0.15) is 17.1 Å². The zero-order chi connectivity index (χ0) is 23.8. The molecule has 8 nitrogen and oxygen atoms in total. The molecular formula is C24H24Cl2N4O4. The molecule has 1 aliphatic rings. The number of H-pyrrole nitrogens is 1. The Morgan fingerprint density at radius 1 is 1.09 bits per heavy atom. The maximum atomic E-state index is 14.0. The molecule has 0 aliphatic carbocycles. The molecule has 10 heteroatoms. The van der Waals surface area contributed by atoms with Crippen LogP contribution in [-0.4, -0.2) is 66.5 Å². The number of nitrogens with zero attached hydrogens (tertiary/aromatic N) is 3. The van der Waals surface area contributed by atoms with Gasteiger partial charge >= 0.3 is 0 Å². The van der Waals surface area contributed by atoms with Crippen LogP contribution >= 0.6 is 23.2 Å². The summed E-state index contributed by atoms with van der Waals surface area (Å²) in [6, 6.07) is 5.33. The zero-order valence-electron chi connectivity index (χ0n) is 18.9. The molecule has 1 fully saturated rings. The summed E-state index contributed by atoms with van der Waals surface area (Å²) in [5.74, 6) is 0.744. The van der Waals surface area contributed by atoms with Crippen molar-refractivity contribution in [1.29, 1.82) is 0 Å². The van der Waals surface area contributed by atoms with Crippen molar-refractivity contribution in [2.45, 2.75) is 6.54 Å². The molecule has 5 rings (SSSR count). The van der Waals surface area contributed by atoms with Gasteiger partial charge in [0.2, 0.25) is 0 Å². The third-order valence-electron chi connectivity index (χ3n) is 6.22. The Morgan fingerprint density at radius 3 is 2.47 bits per heavy atom. The maximum absolute atomic E-state index is 14.0. The molecule has 1 aromatic carbocycles. The van der Waals surface area contributed by atoms with E-state index < -0.39 is 0 Å². The van der Waals surface area contributed by atoms with Crippen LogP contribution in [0.1, 0.15) is 0 Å². The lowest BCUT2D eigenvalue weighted by Crippen LogP contribution is -2.39. The highest BCUT2D eigenvalue weighted by Gasteiger charge is 2.24. The van der Waals surface area contributed by atoms with Gasteiger partial charge in [0, 0.05) is 61.0 Å². The van der Waals surface area contributed by atoms with E-state index in [4.69, 9.17) is 37.4 Å². The summed E-state index contributed by atoms with van der Waals surface area (Å²) < 4.78 is 18.1. The fraction of sp³-hybridized carbons (Fsp3) is 0.333. The molecule has 0 unspecified atom stereocenters. The first kappa shape index (κ1) is 23.0. The van der Waals surface area contributed by atoms with Crippen LogP contribution in [0.25, 0.3) is 33.1 Å². The number of aromatic amines is 1. The Kier molecular flexibility index (Phi) is 6.40. The van der Waals surface area contributed by atoms with Crippen molar-refractivity contribution in [3.05, 3.63) is 51.0 Å². The van der Waals surface area contributed by atoms with Crippen LogP contribution in [0.4, 0.5) is 0 Å². The highest BCUT2D eigenvalue weighted by molar-refractivity contribution is 6.41. The monoisotopic (exact) mass is 502 g/mol. The number of hydrogen-bond donors (Lipinski definition) is 1. The van der Waals surface area contributed by atoms with E-state index in [1.165, 1.54) is 14.2 Å². The SMILES string of the molecule is COc1cc(OC)c(Cl)c(-c2cc3cnc4[nH]ccc4c3n(CCN3CCOCC3)c2=O)c1Cl. The van der Waals surface area contributed by atoms with Gasteiger partial charge in [-0.05, 0) is 12.1 Å². The Labute approximate surface area is 205 Å². The standard InChI is InChI=1S/C24H24Cl2N4O4/c1-32-17-12-18(33-2)21(26)19(20(17)25)16-11-14-13-28-23-15(3-4-27-23)22(14)30(24(16)31)6-5-29-7-9-34-10-8-29/h3-4,11-13H,5-10H2,1-2H3,(H,27,28). The lowest BCUT2D eigenvalue weighted by Gasteiger charge is -2.27. The van der Waals surface area contributed by atoms with Crippen LogP contribution in [0.3, 0.4) is 0 Å². The molecule has 0 saturated carbocycles. The van der Waals surface area contributed by atoms with Crippen LogP contribution in [-0.2, 0) is 11.3 Å². The molecule has 1 N–H and O–H groups in total. The van der Waals surface area contributed by atoms with E-state index in [-0.39, 0.29) is 15.6 Å². The quantitative estimate of drug-likeness (QED) is 0.425. The number of benzene rings is 1. The Hall–Kier alpha value is -2.78. The van der Waals surface area contributed by atoms with E-state index >= 15 is 0 Å². The highest BCUT2D eigenvalue weighted by atomic mass is 35.5. The maximum Gasteiger partial charge on any atom is 0.259 e. The topological polar surface area (TPSA) is 81.6 Å². The third kappa shape index (κ3) is 3.90. The summed E-state index contributed by atoms with van der Waals surface area (Å²) in [5, 5.41) is 2.18. The summed E-state index contributed by atoms with van der Waals surface area (Å²) in [6.07, 6.45) is 3.57. The fourth-order valence-corrected chi connectivity index (χ4v) is 5.17. The van der Waals surface area contributed by atoms with E-state index in [1.54, 1.807) is 22.9 Å². The molecule has 4 aromatic rings. The Balaban J connectivity index is 1.75. The lowest BCUT2D eigenvalue weighted by atomic mass is 10.0. The number of aromatic nitrogens is 3. The van der Waals surface area contributed by atoms with Gasteiger partial charge < -0.3 is 23.8 Å². The second kappa shape index (κ2) is 9.46. The molecule has 3 aromatic heterocycles. The molecule has 0 spiro atoms. The van der Waals surface area contributed by atoms with E-state index in [9.17, 15) is 4.79 Å². The number of halogens is 2. The van der Waals surface area contributed by atoms with E-state index in [0.29, 0.717) is 48.9 Å². The minimum absolute atomic E-state index is 0.200. The predicted octanol–water partition coefficient (Wildman–Crippen LogP) is 4.20. The van der Waals surface area contributed by atoms with Crippen LogP contribution in [0, 0.1) is 0 Å². The lowest BCUT2D eigenvalue weighted by molar-refractivity contribution is 0.0364. The zero-order valence-corrected chi connectivity index (χ0v) is 20.4. The van der Waals surface area contributed by atoms with Crippen molar-refractivity contribution in [3.63, 3.8) is 0 Å². The number of nitrogens with one attached hydrogen (secondary N) is 1. The van der Waals surface area contributed by atoms with Gasteiger partial charge in [-0.25, -0.2) is 4.98 Å². The minimum atomic E-state index is -0.200. The number of morpholine rings is 1. The first-order valence-electron chi connectivity index (χ1n) is 10.9. The second-order valence-corrected chi connectivity index (χ2v) is 8.81. The molecule has 4 heterocycles. The molecule has 0 amide bonds. The predicted molar refractivity (Wildman–Crippen MR) is 134 cm³/mol. The first-order chi connectivity index (χ1) is 16.5. The summed E-state index contributed by atoms with van der Waals surface area (Å²) in [6.45, 7) is 4.24. The average Bonchev–Trinajstić information content (AvgIpc) is 3.34. The minimum Gasteiger partial charge on any atom is -0.495 e. The van der Waals surface area contributed by atoms with E-state index in [1.807, 2.05) is 12.3 Å². The van der Waals surface area contributed by atoms with Gasteiger partial charge in [-0.15, -0.1) is 0 Å². The molecule has 0 bridgehead atoms. The smallest absolute Gasteiger partial charge is 0.259 e. The van der Waals surface area contributed by atoms with Gasteiger partial charge in [0.15, 0.2) is 0 Å². The van der Waals surface area contributed by atoms with E-state index in [2.05, 4.69) is 14.9 Å². The van der Waals surface area contributed by atoms with Crippen LogP contribution in [0.5, 0.6) is 11.5 Å². The molecule has 1 aliphatic heterocycles. The number of pyridine rings is 2. The van der Waals surface area contributed by atoms with Crippen molar-refractivity contribution in [2.75, 3.05) is 47.1 Å². The van der Waals surface area contributed by atoms with Gasteiger partial charge in [0.05, 0.1) is 48.6 Å². The molecule has 178 valence electrons. The highest BCUT2D eigenvalue weighted by Crippen LogP contribution is 2.45. The van der Waals surface area contributed by atoms with Gasteiger partial charge in [-0.2, -0.15) is 0 Å². The van der Waals surface area contributed by atoms with Gasteiger partial charge in [0.25, 0.3) is 5.56 Å². The Morgan fingerprint density at radius 2 is 1.79 bits per heavy atom. The first-order valence-corrected chi connectivity index (χ1v) is 11.7. The molecule has 34 heavy (non-hydrogen) atoms. The number of methoxy groups -OCH3 is 2. The number of hydrogen-bond acceptors (Lipinski definition) is 6. The van der Waals surface area contributed by atoms with Gasteiger partial charge in [-0.1, -0.05) is 23.2 Å². The molecule has 0 radical (unpaired) electrons.